The number of hydrogen-bond acceptors (Lipinski definition) is 5. The molecule has 0 fully saturated rings. The van der Waals surface area contributed by atoms with Gasteiger partial charge in [-0.15, -0.1) is 0 Å². The molecule has 3 N–H and O–H groups in total. The highest BCUT2D eigenvalue weighted by molar-refractivity contribution is 7.80. The second-order valence-electron chi connectivity index (χ2n) is 6.83. The Bertz CT molecular complexity index is 1310. The van der Waals surface area contributed by atoms with Crippen molar-refractivity contribution < 1.29 is 19.4 Å². The van der Waals surface area contributed by atoms with E-state index in [0.29, 0.717) is 50.2 Å². The van der Waals surface area contributed by atoms with Crippen molar-refractivity contribution in [3.63, 3.8) is 0 Å². The van der Waals surface area contributed by atoms with E-state index in [1.807, 2.05) is 6.08 Å². The first-order valence-corrected chi connectivity index (χ1v) is 9.36. The van der Waals surface area contributed by atoms with Crippen molar-refractivity contribution in [3.05, 3.63) is 62.8 Å². The topological polar surface area (TPSA) is 99.8 Å². The van der Waals surface area contributed by atoms with Crippen LogP contribution in [0.25, 0.3) is 34.6 Å². The first-order chi connectivity index (χ1) is 13.8. The lowest BCUT2D eigenvalue weighted by molar-refractivity contribution is 0.0697. The number of nitrogens with one attached hydrogen (secondary N) is 1. The summed E-state index contributed by atoms with van der Waals surface area (Å²) in [6.07, 6.45) is 3.07. The molecule has 0 saturated carbocycles. The molecule has 4 rings (SSSR count). The van der Waals surface area contributed by atoms with Crippen molar-refractivity contribution >= 4 is 41.0 Å². The second kappa shape index (κ2) is 7.27. The Hall–Kier alpha value is -3.29. The molecule has 0 radical (unpaired) electrons. The molecule has 1 aromatic carbocycles. The van der Waals surface area contributed by atoms with Gasteiger partial charge < -0.3 is 19.9 Å². The predicted octanol–water partition coefficient (Wildman–Crippen LogP) is 2.19. The lowest BCUT2D eigenvalue weighted by Crippen LogP contribution is -2.34. The third kappa shape index (κ3) is 3.57. The normalized spacial score (nSPS) is 15.2. The number of aliphatic hydroxyl groups excluding tert-OH is 1. The van der Waals surface area contributed by atoms with Crippen molar-refractivity contribution in [2.75, 3.05) is 5.32 Å². The van der Waals surface area contributed by atoms with Crippen LogP contribution in [0.5, 0.6) is 0 Å². The molecule has 1 aliphatic heterocycles. The summed E-state index contributed by atoms with van der Waals surface area (Å²) in [6, 6.07) is 9.40. The van der Waals surface area contributed by atoms with Crippen molar-refractivity contribution in [1.29, 1.82) is 0 Å². The smallest absolute Gasteiger partial charge is 0.336 e. The summed E-state index contributed by atoms with van der Waals surface area (Å²) in [5.74, 6) is -0.757. The Labute approximate surface area is 170 Å². The molecular formula is C22H17NO5S. The summed E-state index contributed by atoms with van der Waals surface area (Å²) >= 11 is 5.05. The van der Waals surface area contributed by atoms with E-state index in [2.05, 4.69) is 5.32 Å². The van der Waals surface area contributed by atoms with Gasteiger partial charge >= 0.3 is 5.97 Å². The summed E-state index contributed by atoms with van der Waals surface area (Å²) in [7, 11) is 0. The number of benzene rings is 2. The number of aliphatic hydroxyl groups is 1. The number of carboxylic acids is 1. The van der Waals surface area contributed by atoms with Gasteiger partial charge in [-0.2, -0.15) is 0 Å². The number of aromatic carboxylic acids is 1. The molecule has 0 spiro atoms. The third-order valence-electron chi connectivity index (χ3n) is 4.72. The molecule has 146 valence electrons. The fraction of sp³-hybridized carbons (Fsp3) is 0.136. The molecule has 0 amide bonds. The largest absolute Gasteiger partial charge is 0.478 e. The zero-order valence-corrected chi connectivity index (χ0v) is 16.2. The van der Waals surface area contributed by atoms with Gasteiger partial charge in [-0.1, -0.05) is 24.4 Å². The molecule has 29 heavy (non-hydrogen) atoms. The molecule has 1 aromatic rings. The highest BCUT2D eigenvalue weighted by Gasteiger charge is 2.22. The summed E-state index contributed by atoms with van der Waals surface area (Å²) < 4.78 is 5.85. The van der Waals surface area contributed by atoms with Crippen LogP contribution in [0, 0.1) is 0 Å². The van der Waals surface area contributed by atoms with Gasteiger partial charge in [-0.25, -0.2) is 4.79 Å². The lowest BCUT2D eigenvalue weighted by Gasteiger charge is -2.18. The van der Waals surface area contributed by atoms with E-state index >= 15 is 0 Å². The molecule has 0 bridgehead atoms. The van der Waals surface area contributed by atoms with Gasteiger partial charge in [-0.05, 0) is 49.2 Å². The van der Waals surface area contributed by atoms with Crippen LogP contribution in [0.4, 0.5) is 5.69 Å². The van der Waals surface area contributed by atoms with Gasteiger partial charge in [0.05, 0.1) is 16.7 Å². The van der Waals surface area contributed by atoms with Gasteiger partial charge in [0.25, 0.3) is 0 Å². The van der Waals surface area contributed by atoms with E-state index in [0.717, 1.165) is 0 Å². The van der Waals surface area contributed by atoms with Gasteiger partial charge in [0.1, 0.15) is 11.2 Å². The van der Waals surface area contributed by atoms with Crippen LogP contribution in [0.15, 0.2) is 45.6 Å². The number of fused-ring (bicyclic) bond motifs is 2. The monoisotopic (exact) mass is 407 g/mol. The molecule has 1 heterocycles. The summed E-state index contributed by atoms with van der Waals surface area (Å²) in [5, 5.41) is 23.5. The van der Waals surface area contributed by atoms with Crippen molar-refractivity contribution in [1.82, 2.24) is 0 Å². The number of anilines is 1. The van der Waals surface area contributed by atoms with Crippen molar-refractivity contribution in [3.8, 4) is 22.5 Å². The zero-order valence-electron chi connectivity index (χ0n) is 15.4. The van der Waals surface area contributed by atoms with E-state index in [-0.39, 0.29) is 11.0 Å². The van der Waals surface area contributed by atoms with E-state index in [4.69, 9.17) is 16.6 Å². The number of rotatable bonds is 3. The average Bonchev–Trinajstić information content (AvgIpc) is 2.65. The fourth-order valence-electron chi connectivity index (χ4n) is 3.55. The van der Waals surface area contributed by atoms with Gasteiger partial charge in [0.2, 0.25) is 0 Å². The molecule has 1 unspecified atom stereocenters. The standard InChI is InChI=1S/C22H17NO5S/c1-11(29)23-12-2-5-15(18(8-12)22(26)27)21-16-6-3-13(24)9-19(16)28-20-10-14(25)4-7-17(20)21/h2-3,5-10,14,25H,4H2,1H3,(H,23,29)(H,26,27). The minimum atomic E-state index is -1.09. The number of thiocarbonyl (C=S) groups is 1. The Morgan fingerprint density at radius 1 is 1.21 bits per heavy atom. The number of carboxylic acid groups (broad SMARTS) is 1. The van der Waals surface area contributed by atoms with Crippen LogP contribution in [0.3, 0.4) is 0 Å². The van der Waals surface area contributed by atoms with E-state index in [1.165, 1.54) is 18.2 Å². The maximum absolute atomic E-state index is 12.1. The highest BCUT2D eigenvalue weighted by Crippen LogP contribution is 2.33. The average molecular weight is 407 g/mol. The van der Waals surface area contributed by atoms with Crippen LogP contribution in [-0.4, -0.2) is 27.3 Å². The Kier molecular flexibility index (Phi) is 4.77. The van der Waals surface area contributed by atoms with Crippen LogP contribution < -0.4 is 21.4 Å². The lowest BCUT2D eigenvalue weighted by atomic mass is 9.90. The van der Waals surface area contributed by atoms with Crippen LogP contribution >= 0.6 is 12.2 Å². The van der Waals surface area contributed by atoms with E-state index in [1.54, 1.807) is 31.2 Å². The van der Waals surface area contributed by atoms with Gasteiger partial charge in [-0.3, -0.25) is 4.79 Å². The van der Waals surface area contributed by atoms with Crippen molar-refractivity contribution in [2.45, 2.75) is 19.4 Å². The molecule has 6 nitrogen and oxygen atoms in total. The molecule has 2 aliphatic carbocycles. The summed E-state index contributed by atoms with van der Waals surface area (Å²) in [6.45, 7) is 1.71. The van der Waals surface area contributed by atoms with Crippen molar-refractivity contribution in [2.24, 2.45) is 0 Å². The second-order valence-corrected chi connectivity index (χ2v) is 7.45. The molecule has 1 atom stereocenters. The Balaban J connectivity index is 2.10. The SMILES string of the molecule is CC(=S)Nc1ccc(-c2c3ccc(=O)cc-3oc3c2=CCC(O)C=3)c(C(=O)O)c1. The molecular weight excluding hydrogens is 390 g/mol. The Morgan fingerprint density at radius 2 is 1.97 bits per heavy atom. The predicted molar refractivity (Wildman–Crippen MR) is 115 cm³/mol. The van der Waals surface area contributed by atoms with Crippen LogP contribution in [0.1, 0.15) is 23.7 Å². The molecule has 7 heteroatoms. The first kappa shape index (κ1) is 19.0. The quantitative estimate of drug-likeness (QED) is 0.573. The Morgan fingerprint density at radius 3 is 2.69 bits per heavy atom. The van der Waals surface area contributed by atoms with E-state index in [9.17, 15) is 19.8 Å². The molecule has 3 aliphatic rings. The maximum atomic E-state index is 12.1. The third-order valence-corrected chi connectivity index (χ3v) is 4.83. The number of hydrogen-bond donors (Lipinski definition) is 3. The minimum absolute atomic E-state index is 0.0895. The van der Waals surface area contributed by atoms with Crippen LogP contribution in [-0.2, 0) is 0 Å². The van der Waals surface area contributed by atoms with Gasteiger partial charge in [0, 0.05) is 28.1 Å². The van der Waals surface area contributed by atoms with Crippen LogP contribution in [0.2, 0.25) is 0 Å². The minimum Gasteiger partial charge on any atom is -0.478 e. The fourth-order valence-corrected chi connectivity index (χ4v) is 3.67. The molecule has 0 aromatic heterocycles. The zero-order chi connectivity index (χ0) is 20.7. The first-order valence-electron chi connectivity index (χ1n) is 8.96. The van der Waals surface area contributed by atoms with E-state index < -0.39 is 12.1 Å². The number of carbonyl (C=O) groups is 1. The van der Waals surface area contributed by atoms with Gasteiger partial charge in [0.15, 0.2) is 5.43 Å². The highest BCUT2D eigenvalue weighted by atomic mass is 32.1. The maximum Gasteiger partial charge on any atom is 0.336 e. The molecule has 0 saturated heterocycles. The summed E-state index contributed by atoms with van der Waals surface area (Å²) in [4.78, 5) is 24.4. The summed E-state index contributed by atoms with van der Waals surface area (Å²) in [5.41, 5.74) is 2.61.